The molecule has 0 bridgehead atoms. The van der Waals surface area contributed by atoms with Crippen molar-refractivity contribution in [3.63, 3.8) is 0 Å². The van der Waals surface area contributed by atoms with Crippen LogP contribution in [0.1, 0.15) is 19.7 Å². The molecule has 0 radical (unpaired) electrons. The predicted octanol–water partition coefficient (Wildman–Crippen LogP) is 3.57. The van der Waals surface area contributed by atoms with Crippen LogP contribution in [0.15, 0.2) is 39.1 Å². The number of nitrogens with zero attached hydrogens (tertiary/aromatic N) is 4. The van der Waals surface area contributed by atoms with Crippen LogP contribution >= 0.6 is 15.9 Å². The number of hydrogen-bond donors (Lipinski definition) is 0. The number of imidazole rings is 1. The molecule has 0 saturated heterocycles. The molecule has 0 spiro atoms. The first kappa shape index (κ1) is 12.1. The maximum atomic E-state index is 5.19. The predicted molar refractivity (Wildman–Crippen MR) is 75.5 cm³/mol. The molecular formula is C13H11BrN4O. The van der Waals surface area contributed by atoms with Crippen molar-refractivity contribution in [2.75, 3.05) is 0 Å². The van der Waals surface area contributed by atoms with E-state index in [2.05, 4.69) is 31.1 Å². The summed E-state index contributed by atoms with van der Waals surface area (Å²) in [6.07, 6.45) is 5.50. The minimum absolute atomic E-state index is 0.500. The van der Waals surface area contributed by atoms with Crippen LogP contribution in [0.25, 0.3) is 23.2 Å². The van der Waals surface area contributed by atoms with Gasteiger partial charge in [-0.05, 0) is 41.9 Å². The van der Waals surface area contributed by atoms with Gasteiger partial charge in [0.05, 0.1) is 6.20 Å². The summed E-state index contributed by atoms with van der Waals surface area (Å²) >= 11 is 3.44. The van der Waals surface area contributed by atoms with Crippen molar-refractivity contribution in [3.8, 4) is 11.5 Å². The molecule has 0 aliphatic carbocycles. The Morgan fingerprint density at radius 1 is 1.37 bits per heavy atom. The lowest BCUT2D eigenvalue weighted by Gasteiger charge is -1.97. The molecule has 3 rings (SSSR count). The summed E-state index contributed by atoms with van der Waals surface area (Å²) in [4.78, 5) is 8.65. The molecule has 3 aromatic rings. The standard InChI is InChI=1S/C13H11BrN4O/c1-8(2)5-12-16-13(17-19-12)10-6-15-11-4-3-9(14)7-18(10)11/h3-7H,1-2H3. The monoisotopic (exact) mass is 318 g/mol. The van der Waals surface area contributed by atoms with Gasteiger partial charge in [0.15, 0.2) is 0 Å². The van der Waals surface area contributed by atoms with Crippen LogP contribution in [0.2, 0.25) is 0 Å². The number of fused-ring (bicyclic) bond motifs is 1. The van der Waals surface area contributed by atoms with Gasteiger partial charge in [-0.15, -0.1) is 0 Å². The first-order valence-corrected chi connectivity index (χ1v) is 6.54. The van der Waals surface area contributed by atoms with E-state index in [1.54, 1.807) is 6.20 Å². The topological polar surface area (TPSA) is 56.2 Å². The van der Waals surface area contributed by atoms with E-state index in [0.29, 0.717) is 11.7 Å². The highest BCUT2D eigenvalue weighted by Gasteiger charge is 2.12. The normalized spacial score (nSPS) is 10.9. The van der Waals surface area contributed by atoms with Crippen LogP contribution in [0, 0.1) is 0 Å². The summed E-state index contributed by atoms with van der Waals surface area (Å²) < 4.78 is 8.07. The maximum absolute atomic E-state index is 5.19. The molecule has 5 nitrogen and oxygen atoms in total. The fourth-order valence-corrected chi connectivity index (χ4v) is 2.10. The average molecular weight is 319 g/mol. The number of aromatic nitrogens is 4. The largest absolute Gasteiger partial charge is 0.334 e. The van der Waals surface area contributed by atoms with Crippen molar-refractivity contribution in [1.29, 1.82) is 0 Å². The van der Waals surface area contributed by atoms with E-state index in [4.69, 9.17) is 4.52 Å². The minimum Gasteiger partial charge on any atom is -0.334 e. The van der Waals surface area contributed by atoms with Crippen LogP contribution in [-0.4, -0.2) is 19.5 Å². The molecular weight excluding hydrogens is 308 g/mol. The Morgan fingerprint density at radius 3 is 3.00 bits per heavy atom. The van der Waals surface area contributed by atoms with Crippen LogP contribution in [-0.2, 0) is 0 Å². The van der Waals surface area contributed by atoms with Crippen LogP contribution in [0.4, 0.5) is 0 Å². The molecule has 0 aliphatic heterocycles. The summed E-state index contributed by atoms with van der Waals surface area (Å²) in [7, 11) is 0. The Labute approximate surface area is 118 Å². The minimum atomic E-state index is 0.500. The van der Waals surface area contributed by atoms with Gasteiger partial charge in [0.1, 0.15) is 11.3 Å². The second-order valence-electron chi connectivity index (χ2n) is 4.40. The summed E-state index contributed by atoms with van der Waals surface area (Å²) in [5.41, 5.74) is 2.75. The lowest BCUT2D eigenvalue weighted by molar-refractivity contribution is 0.410. The molecule has 0 unspecified atom stereocenters. The molecule has 0 saturated carbocycles. The molecule has 0 N–H and O–H groups in total. The van der Waals surface area contributed by atoms with Gasteiger partial charge in [-0.25, -0.2) is 4.98 Å². The van der Waals surface area contributed by atoms with Crippen molar-refractivity contribution in [1.82, 2.24) is 19.5 Å². The van der Waals surface area contributed by atoms with Crippen LogP contribution < -0.4 is 0 Å². The highest BCUT2D eigenvalue weighted by Crippen LogP contribution is 2.20. The summed E-state index contributed by atoms with van der Waals surface area (Å²) in [6, 6.07) is 3.86. The molecule has 3 aromatic heterocycles. The number of pyridine rings is 1. The van der Waals surface area contributed by atoms with Crippen molar-refractivity contribution in [2.45, 2.75) is 13.8 Å². The van der Waals surface area contributed by atoms with Crippen molar-refractivity contribution >= 4 is 27.7 Å². The Balaban J connectivity index is 2.11. The molecule has 19 heavy (non-hydrogen) atoms. The number of hydrogen-bond acceptors (Lipinski definition) is 4. The zero-order valence-corrected chi connectivity index (χ0v) is 12.0. The van der Waals surface area contributed by atoms with Crippen LogP contribution in [0.3, 0.4) is 0 Å². The van der Waals surface area contributed by atoms with Gasteiger partial charge in [0.2, 0.25) is 5.82 Å². The lowest BCUT2D eigenvalue weighted by atomic mass is 10.3. The van der Waals surface area contributed by atoms with Gasteiger partial charge < -0.3 is 4.52 Å². The molecule has 0 amide bonds. The van der Waals surface area contributed by atoms with Crippen molar-refractivity contribution < 1.29 is 4.52 Å². The summed E-state index contributed by atoms with van der Waals surface area (Å²) in [5, 5.41) is 3.98. The van der Waals surface area contributed by atoms with Gasteiger partial charge in [-0.2, -0.15) is 4.98 Å². The third kappa shape index (κ3) is 2.31. The van der Waals surface area contributed by atoms with E-state index in [9.17, 15) is 0 Å². The second-order valence-corrected chi connectivity index (χ2v) is 5.31. The van der Waals surface area contributed by atoms with E-state index in [0.717, 1.165) is 21.4 Å². The van der Waals surface area contributed by atoms with Gasteiger partial charge >= 0.3 is 0 Å². The Morgan fingerprint density at radius 2 is 2.21 bits per heavy atom. The summed E-state index contributed by atoms with van der Waals surface area (Å²) in [5.74, 6) is 1.03. The number of allylic oxidation sites excluding steroid dienone is 1. The summed E-state index contributed by atoms with van der Waals surface area (Å²) in [6.45, 7) is 3.96. The fourth-order valence-electron chi connectivity index (χ4n) is 1.76. The second kappa shape index (κ2) is 4.62. The Hall–Kier alpha value is -1.95. The van der Waals surface area contributed by atoms with Gasteiger partial charge in [-0.3, -0.25) is 4.40 Å². The zero-order chi connectivity index (χ0) is 13.4. The van der Waals surface area contributed by atoms with E-state index in [-0.39, 0.29) is 0 Å². The molecule has 96 valence electrons. The molecule has 3 heterocycles. The van der Waals surface area contributed by atoms with Gasteiger partial charge in [-0.1, -0.05) is 10.7 Å². The SMILES string of the molecule is CC(C)=Cc1nc(-c2cnc3ccc(Br)cn23)no1. The third-order valence-corrected chi connectivity index (χ3v) is 3.02. The number of rotatable bonds is 2. The highest BCUT2D eigenvalue weighted by atomic mass is 79.9. The number of halogens is 1. The zero-order valence-electron chi connectivity index (χ0n) is 10.5. The Bertz CT molecular complexity index is 768. The Kier molecular flexibility index (Phi) is 2.94. The van der Waals surface area contributed by atoms with E-state index in [1.807, 2.05) is 42.7 Å². The lowest BCUT2D eigenvalue weighted by Crippen LogP contribution is -1.89. The first-order valence-electron chi connectivity index (χ1n) is 5.75. The quantitative estimate of drug-likeness (QED) is 0.724. The van der Waals surface area contributed by atoms with E-state index >= 15 is 0 Å². The van der Waals surface area contributed by atoms with Crippen molar-refractivity contribution in [3.05, 3.63) is 40.5 Å². The van der Waals surface area contributed by atoms with Crippen LogP contribution in [0.5, 0.6) is 0 Å². The maximum Gasteiger partial charge on any atom is 0.250 e. The van der Waals surface area contributed by atoms with Gasteiger partial charge in [0, 0.05) is 16.7 Å². The molecule has 0 aliphatic rings. The first-order chi connectivity index (χ1) is 9.13. The fraction of sp³-hybridized carbons (Fsp3) is 0.154. The molecule has 0 aromatic carbocycles. The van der Waals surface area contributed by atoms with E-state index < -0.39 is 0 Å². The van der Waals surface area contributed by atoms with E-state index in [1.165, 1.54) is 0 Å². The third-order valence-electron chi connectivity index (χ3n) is 2.55. The van der Waals surface area contributed by atoms with Gasteiger partial charge in [0.25, 0.3) is 5.89 Å². The highest BCUT2D eigenvalue weighted by molar-refractivity contribution is 9.10. The smallest absolute Gasteiger partial charge is 0.250 e. The average Bonchev–Trinajstić information content (AvgIpc) is 2.94. The molecule has 6 heteroatoms. The molecule has 0 atom stereocenters. The molecule has 0 fully saturated rings. The van der Waals surface area contributed by atoms with Crippen molar-refractivity contribution in [2.24, 2.45) is 0 Å².